The number of aromatic nitrogens is 2. The molecule has 0 aliphatic carbocycles. The Hall–Kier alpha value is -2.70. The van der Waals surface area contributed by atoms with E-state index in [1.54, 1.807) is 18.2 Å². The van der Waals surface area contributed by atoms with Gasteiger partial charge in [0.25, 0.3) is 5.91 Å². The summed E-state index contributed by atoms with van der Waals surface area (Å²) in [5.41, 5.74) is 1.43. The lowest BCUT2D eigenvalue weighted by molar-refractivity contribution is 0.0946. The SMILES string of the molecule is Cc1nc(C(=O)NCCC(C)C)cc(N2CCN(c3ccc(F)cc3)CC2)n1. The molecule has 1 aliphatic heterocycles. The van der Waals surface area contributed by atoms with E-state index in [9.17, 15) is 9.18 Å². The Morgan fingerprint density at radius 3 is 2.39 bits per heavy atom. The van der Waals surface area contributed by atoms with Gasteiger partial charge < -0.3 is 15.1 Å². The molecule has 0 unspecified atom stereocenters. The van der Waals surface area contributed by atoms with Gasteiger partial charge in [0.15, 0.2) is 0 Å². The van der Waals surface area contributed by atoms with Gasteiger partial charge in [-0.3, -0.25) is 4.79 Å². The smallest absolute Gasteiger partial charge is 0.270 e. The zero-order valence-corrected chi connectivity index (χ0v) is 16.8. The van der Waals surface area contributed by atoms with Crippen molar-refractivity contribution in [3.05, 3.63) is 47.7 Å². The minimum absolute atomic E-state index is 0.155. The van der Waals surface area contributed by atoms with Crippen LogP contribution in [0.4, 0.5) is 15.9 Å². The maximum Gasteiger partial charge on any atom is 0.270 e. The lowest BCUT2D eigenvalue weighted by atomic mass is 10.1. The van der Waals surface area contributed by atoms with Crippen molar-refractivity contribution < 1.29 is 9.18 Å². The van der Waals surface area contributed by atoms with Crippen LogP contribution in [0.1, 0.15) is 36.6 Å². The highest BCUT2D eigenvalue weighted by molar-refractivity contribution is 5.92. The molecule has 1 amide bonds. The van der Waals surface area contributed by atoms with Crippen LogP contribution in [-0.4, -0.2) is 48.6 Å². The molecular weight excluding hydrogens is 357 g/mol. The van der Waals surface area contributed by atoms with Crippen LogP contribution < -0.4 is 15.1 Å². The van der Waals surface area contributed by atoms with Crippen molar-refractivity contribution in [3.8, 4) is 0 Å². The van der Waals surface area contributed by atoms with Crippen LogP contribution in [0.3, 0.4) is 0 Å². The number of nitrogens with zero attached hydrogens (tertiary/aromatic N) is 4. The number of piperazine rings is 1. The summed E-state index contributed by atoms with van der Waals surface area (Å²) in [6, 6.07) is 8.35. The van der Waals surface area contributed by atoms with E-state index in [2.05, 4.69) is 38.9 Å². The van der Waals surface area contributed by atoms with Gasteiger partial charge in [-0.2, -0.15) is 0 Å². The fourth-order valence-corrected chi connectivity index (χ4v) is 3.24. The largest absolute Gasteiger partial charge is 0.368 e. The van der Waals surface area contributed by atoms with Crippen LogP contribution in [-0.2, 0) is 0 Å². The van der Waals surface area contributed by atoms with Crippen molar-refractivity contribution in [2.75, 3.05) is 42.5 Å². The summed E-state index contributed by atoms with van der Waals surface area (Å²) < 4.78 is 13.1. The number of benzene rings is 1. The van der Waals surface area contributed by atoms with E-state index in [4.69, 9.17) is 0 Å². The Balaban J connectivity index is 1.63. The molecule has 2 heterocycles. The summed E-state index contributed by atoms with van der Waals surface area (Å²) in [4.78, 5) is 25.6. The Bertz CT molecular complexity index is 801. The molecule has 150 valence electrons. The number of halogens is 1. The maximum absolute atomic E-state index is 13.1. The fourth-order valence-electron chi connectivity index (χ4n) is 3.24. The van der Waals surface area contributed by atoms with E-state index in [0.717, 1.165) is 44.1 Å². The molecule has 1 aromatic heterocycles. The molecule has 1 aromatic carbocycles. The van der Waals surface area contributed by atoms with E-state index >= 15 is 0 Å². The number of hydrogen-bond donors (Lipinski definition) is 1. The van der Waals surface area contributed by atoms with E-state index in [1.165, 1.54) is 12.1 Å². The van der Waals surface area contributed by atoms with Crippen LogP contribution >= 0.6 is 0 Å². The van der Waals surface area contributed by atoms with Crippen LogP contribution in [0.2, 0.25) is 0 Å². The normalized spacial score (nSPS) is 14.5. The third-order valence-corrected chi connectivity index (χ3v) is 4.86. The van der Waals surface area contributed by atoms with Gasteiger partial charge in [-0.15, -0.1) is 0 Å². The highest BCUT2D eigenvalue weighted by Crippen LogP contribution is 2.20. The van der Waals surface area contributed by atoms with Crippen molar-refractivity contribution in [1.29, 1.82) is 0 Å². The number of aryl methyl sites for hydroxylation is 1. The number of amides is 1. The van der Waals surface area contributed by atoms with Gasteiger partial charge in [0, 0.05) is 44.5 Å². The third kappa shape index (κ3) is 5.18. The number of carbonyl (C=O) groups excluding carboxylic acids is 1. The number of anilines is 2. The predicted octanol–water partition coefficient (Wildman–Crippen LogP) is 3.03. The zero-order chi connectivity index (χ0) is 20.1. The van der Waals surface area contributed by atoms with E-state index in [-0.39, 0.29) is 11.7 Å². The number of nitrogens with one attached hydrogen (secondary N) is 1. The second kappa shape index (κ2) is 8.99. The van der Waals surface area contributed by atoms with Gasteiger partial charge in [-0.05, 0) is 43.5 Å². The van der Waals surface area contributed by atoms with E-state index < -0.39 is 0 Å². The summed E-state index contributed by atoms with van der Waals surface area (Å²) in [6.07, 6.45) is 0.939. The minimum Gasteiger partial charge on any atom is -0.368 e. The average molecular weight is 385 g/mol. The highest BCUT2D eigenvalue weighted by atomic mass is 19.1. The maximum atomic E-state index is 13.1. The number of rotatable bonds is 6. The summed E-state index contributed by atoms with van der Waals surface area (Å²) in [5, 5.41) is 2.93. The van der Waals surface area contributed by atoms with Crippen molar-refractivity contribution in [1.82, 2.24) is 15.3 Å². The first-order valence-corrected chi connectivity index (χ1v) is 9.81. The average Bonchev–Trinajstić information content (AvgIpc) is 2.68. The lowest BCUT2D eigenvalue weighted by Crippen LogP contribution is -2.47. The molecule has 1 N–H and O–H groups in total. The van der Waals surface area contributed by atoms with Crippen LogP contribution in [0.15, 0.2) is 30.3 Å². The molecule has 0 atom stereocenters. The molecule has 0 radical (unpaired) electrons. The quantitative estimate of drug-likeness (QED) is 0.828. The first kappa shape index (κ1) is 20.0. The standard InChI is InChI=1S/C21H28FN5O/c1-15(2)8-9-23-21(28)19-14-20(25-16(3)24-19)27-12-10-26(11-13-27)18-6-4-17(22)5-7-18/h4-7,14-15H,8-13H2,1-3H3,(H,23,28). The van der Waals surface area contributed by atoms with Crippen LogP contribution in [0, 0.1) is 18.7 Å². The van der Waals surface area contributed by atoms with Crippen molar-refractivity contribution in [2.24, 2.45) is 5.92 Å². The van der Waals surface area contributed by atoms with Gasteiger partial charge in [0.1, 0.15) is 23.2 Å². The molecule has 0 spiro atoms. The Morgan fingerprint density at radius 2 is 1.75 bits per heavy atom. The van der Waals surface area contributed by atoms with Gasteiger partial charge in [0.05, 0.1) is 0 Å². The Labute approximate surface area is 165 Å². The topological polar surface area (TPSA) is 61.4 Å². The Kier molecular flexibility index (Phi) is 6.44. The molecule has 0 saturated carbocycles. The molecule has 1 aliphatic rings. The van der Waals surface area contributed by atoms with Gasteiger partial charge in [-0.25, -0.2) is 14.4 Å². The molecular formula is C21H28FN5O. The van der Waals surface area contributed by atoms with E-state index in [0.29, 0.717) is 24.0 Å². The highest BCUT2D eigenvalue weighted by Gasteiger charge is 2.20. The molecule has 1 fully saturated rings. The Morgan fingerprint density at radius 1 is 1.11 bits per heavy atom. The molecule has 0 bridgehead atoms. The molecule has 3 rings (SSSR count). The zero-order valence-electron chi connectivity index (χ0n) is 16.8. The fraction of sp³-hybridized carbons (Fsp3) is 0.476. The van der Waals surface area contributed by atoms with Gasteiger partial charge in [0.2, 0.25) is 0 Å². The first-order valence-electron chi connectivity index (χ1n) is 9.81. The number of hydrogen-bond acceptors (Lipinski definition) is 5. The van der Waals surface area contributed by atoms with Crippen LogP contribution in [0.5, 0.6) is 0 Å². The summed E-state index contributed by atoms with van der Waals surface area (Å²) in [7, 11) is 0. The second-order valence-electron chi connectivity index (χ2n) is 7.55. The second-order valence-corrected chi connectivity index (χ2v) is 7.55. The van der Waals surface area contributed by atoms with Gasteiger partial charge in [-0.1, -0.05) is 13.8 Å². The monoisotopic (exact) mass is 385 g/mol. The molecule has 7 heteroatoms. The predicted molar refractivity (Wildman–Crippen MR) is 109 cm³/mol. The first-order chi connectivity index (χ1) is 13.4. The van der Waals surface area contributed by atoms with E-state index in [1.807, 2.05) is 6.92 Å². The van der Waals surface area contributed by atoms with Crippen molar-refractivity contribution >= 4 is 17.4 Å². The summed E-state index contributed by atoms with van der Waals surface area (Å²) >= 11 is 0. The lowest BCUT2D eigenvalue weighted by Gasteiger charge is -2.36. The van der Waals surface area contributed by atoms with Gasteiger partial charge >= 0.3 is 0 Å². The minimum atomic E-state index is -0.224. The van der Waals surface area contributed by atoms with Crippen LogP contribution in [0.25, 0.3) is 0 Å². The molecule has 1 saturated heterocycles. The molecule has 28 heavy (non-hydrogen) atoms. The molecule has 6 nitrogen and oxygen atoms in total. The summed E-state index contributed by atoms with van der Waals surface area (Å²) in [5.74, 6) is 1.53. The molecule has 2 aromatic rings. The third-order valence-electron chi connectivity index (χ3n) is 4.86. The van der Waals surface area contributed by atoms with Crippen molar-refractivity contribution in [3.63, 3.8) is 0 Å². The van der Waals surface area contributed by atoms with Crippen molar-refractivity contribution in [2.45, 2.75) is 27.2 Å². The summed E-state index contributed by atoms with van der Waals surface area (Å²) in [6.45, 7) is 9.89. The number of carbonyl (C=O) groups is 1.